The number of nitrogens with zero attached hydrogens (tertiary/aromatic N) is 2. The number of carbonyl (C=O) groups is 1. The molecule has 4 rings (SSSR count). The summed E-state index contributed by atoms with van der Waals surface area (Å²) in [5.41, 5.74) is 1.35. The zero-order chi connectivity index (χ0) is 19.0. The van der Waals surface area contributed by atoms with Gasteiger partial charge in [0.1, 0.15) is 5.82 Å². The number of para-hydroxylation sites is 1. The van der Waals surface area contributed by atoms with Crippen LogP contribution in [-0.2, 0) is 10.0 Å². The van der Waals surface area contributed by atoms with Gasteiger partial charge in [0.25, 0.3) is 5.91 Å². The van der Waals surface area contributed by atoms with Crippen molar-refractivity contribution in [2.24, 2.45) is 0 Å². The molecule has 1 unspecified atom stereocenters. The van der Waals surface area contributed by atoms with Gasteiger partial charge in [-0.1, -0.05) is 18.2 Å². The molecular formula is C19H24N4O3S. The molecule has 27 heavy (non-hydrogen) atoms. The average molecular weight is 388 g/mol. The molecule has 1 aliphatic carbocycles. The molecule has 0 radical (unpaired) electrons. The van der Waals surface area contributed by atoms with E-state index in [4.69, 9.17) is 0 Å². The second kappa shape index (κ2) is 7.09. The summed E-state index contributed by atoms with van der Waals surface area (Å²) in [4.78, 5) is 17.3. The Bertz CT molecular complexity index is 972. The van der Waals surface area contributed by atoms with Crippen LogP contribution in [0.3, 0.4) is 0 Å². The predicted octanol–water partition coefficient (Wildman–Crippen LogP) is 1.96. The van der Waals surface area contributed by atoms with Gasteiger partial charge in [-0.2, -0.15) is 0 Å². The highest BCUT2D eigenvalue weighted by atomic mass is 32.2. The highest BCUT2D eigenvalue weighted by Gasteiger charge is 2.27. The normalized spacial score (nSPS) is 21.1. The summed E-state index contributed by atoms with van der Waals surface area (Å²) in [6.45, 7) is 0.966. The van der Waals surface area contributed by atoms with Crippen molar-refractivity contribution in [2.75, 3.05) is 24.7 Å². The predicted molar refractivity (Wildman–Crippen MR) is 105 cm³/mol. The molecule has 2 aromatic rings. The van der Waals surface area contributed by atoms with Crippen LogP contribution in [0.1, 0.15) is 36.0 Å². The minimum Gasteiger partial charge on any atom is -0.366 e. The van der Waals surface area contributed by atoms with Crippen molar-refractivity contribution in [3.05, 3.63) is 35.9 Å². The summed E-state index contributed by atoms with van der Waals surface area (Å²) in [7, 11) is -3.21. The van der Waals surface area contributed by atoms with Crippen molar-refractivity contribution < 1.29 is 13.2 Å². The fourth-order valence-electron chi connectivity index (χ4n) is 3.50. The van der Waals surface area contributed by atoms with Crippen LogP contribution in [0.2, 0.25) is 0 Å². The number of nitrogens with one attached hydrogen (secondary N) is 2. The first-order chi connectivity index (χ1) is 12.9. The quantitative estimate of drug-likeness (QED) is 0.817. The fourth-order valence-corrected chi connectivity index (χ4v) is 4.41. The van der Waals surface area contributed by atoms with Gasteiger partial charge in [0, 0.05) is 30.6 Å². The van der Waals surface area contributed by atoms with Crippen molar-refractivity contribution in [1.82, 2.24) is 14.6 Å². The largest absolute Gasteiger partial charge is 0.366 e. The third-order valence-electron chi connectivity index (χ3n) is 5.08. The summed E-state index contributed by atoms with van der Waals surface area (Å²) in [5.74, 6) is 0.524. The van der Waals surface area contributed by atoms with Gasteiger partial charge >= 0.3 is 0 Å². The van der Waals surface area contributed by atoms with Gasteiger partial charge in [-0.05, 0) is 37.8 Å². The highest BCUT2D eigenvalue weighted by Crippen LogP contribution is 2.25. The summed E-state index contributed by atoms with van der Waals surface area (Å²) in [6.07, 6.45) is 4.97. The lowest BCUT2D eigenvalue weighted by atomic mass is 10.1. The first-order valence-electron chi connectivity index (χ1n) is 9.32. The number of carbonyl (C=O) groups excluding carboxylic acids is 1. The Morgan fingerprint density at radius 1 is 1.19 bits per heavy atom. The van der Waals surface area contributed by atoms with Crippen LogP contribution in [0.4, 0.5) is 5.82 Å². The van der Waals surface area contributed by atoms with Crippen LogP contribution in [0.15, 0.2) is 30.3 Å². The second-order valence-electron chi connectivity index (χ2n) is 7.42. The van der Waals surface area contributed by atoms with Gasteiger partial charge in [0.15, 0.2) is 0 Å². The average Bonchev–Trinajstić information content (AvgIpc) is 3.44. The smallest absolute Gasteiger partial charge is 0.252 e. The van der Waals surface area contributed by atoms with E-state index < -0.39 is 10.0 Å². The molecule has 8 heteroatoms. The molecule has 0 bridgehead atoms. The molecule has 1 saturated carbocycles. The maximum absolute atomic E-state index is 12.7. The van der Waals surface area contributed by atoms with Crippen LogP contribution in [0, 0.1) is 0 Å². The Balaban J connectivity index is 1.60. The van der Waals surface area contributed by atoms with Crippen molar-refractivity contribution in [2.45, 2.75) is 37.8 Å². The SMILES string of the molecule is CS(=O)(=O)N1CCCC(Nc2cc(C(=O)NC3CC3)c3ccccc3n2)C1. The monoisotopic (exact) mass is 388 g/mol. The number of benzene rings is 1. The Labute approximate surface area is 159 Å². The lowest BCUT2D eigenvalue weighted by Crippen LogP contribution is -2.44. The fraction of sp³-hybridized carbons (Fsp3) is 0.474. The first kappa shape index (κ1) is 18.2. The lowest BCUT2D eigenvalue weighted by Gasteiger charge is -2.31. The van der Waals surface area contributed by atoms with Gasteiger partial charge in [0.05, 0.1) is 17.3 Å². The summed E-state index contributed by atoms with van der Waals surface area (Å²) in [6, 6.07) is 9.62. The first-order valence-corrected chi connectivity index (χ1v) is 11.2. The van der Waals surface area contributed by atoms with Gasteiger partial charge < -0.3 is 10.6 Å². The number of amides is 1. The second-order valence-corrected chi connectivity index (χ2v) is 9.41. The maximum Gasteiger partial charge on any atom is 0.252 e. The molecule has 144 valence electrons. The van der Waals surface area contributed by atoms with E-state index in [9.17, 15) is 13.2 Å². The van der Waals surface area contributed by atoms with E-state index in [1.807, 2.05) is 24.3 Å². The van der Waals surface area contributed by atoms with E-state index in [0.29, 0.717) is 24.5 Å². The number of anilines is 1. The molecule has 0 spiro atoms. The number of sulfonamides is 1. The van der Waals surface area contributed by atoms with Crippen LogP contribution in [-0.4, -0.2) is 55.0 Å². The van der Waals surface area contributed by atoms with Crippen molar-refractivity contribution in [1.29, 1.82) is 0 Å². The Morgan fingerprint density at radius 2 is 1.96 bits per heavy atom. The molecule has 2 N–H and O–H groups in total. The highest BCUT2D eigenvalue weighted by molar-refractivity contribution is 7.88. The van der Waals surface area contributed by atoms with Crippen LogP contribution >= 0.6 is 0 Å². The molecule has 2 heterocycles. The van der Waals surface area contributed by atoms with Crippen LogP contribution < -0.4 is 10.6 Å². The zero-order valence-electron chi connectivity index (χ0n) is 15.3. The molecule has 1 atom stereocenters. The summed E-state index contributed by atoms with van der Waals surface area (Å²) < 4.78 is 25.2. The van der Waals surface area contributed by atoms with E-state index in [-0.39, 0.29) is 18.0 Å². The van der Waals surface area contributed by atoms with Gasteiger partial charge in [0.2, 0.25) is 10.0 Å². The van der Waals surface area contributed by atoms with Gasteiger partial charge in [-0.3, -0.25) is 4.79 Å². The maximum atomic E-state index is 12.7. The Morgan fingerprint density at radius 3 is 2.70 bits per heavy atom. The van der Waals surface area contributed by atoms with Crippen LogP contribution in [0.25, 0.3) is 10.9 Å². The molecular weight excluding hydrogens is 364 g/mol. The standard InChI is InChI=1S/C19H24N4O3S/c1-27(25,26)23-10-4-5-14(12-23)20-18-11-16(19(24)21-13-8-9-13)15-6-2-3-7-17(15)22-18/h2-3,6-7,11,13-14H,4-5,8-10,12H2,1H3,(H,20,22)(H,21,24). The van der Waals surface area contributed by atoms with Crippen LogP contribution in [0.5, 0.6) is 0 Å². The van der Waals surface area contributed by atoms with E-state index >= 15 is 0 Å². The molecule has 2 aliphatic rings. The molecule has 1 aliphatic heterocycles. The minimum atomic E-state index is -3.21. The van der Waals surface area contributed by atoms with Gasteiger partial charge in [-0.25, -0.2) is 17.7 Å². The number of aromatic nitrogens is 1. The Hall–Kier alpha value is -2.19. The molecule has 1 amide bonds. The molecule has 2 fully saturated rings. The molecule has 7 nitrogen and oxygen atoms in total. The van der Waals surface area contributed by atoms with Crippen molar-refractivity contribution in [3.63, 3.8) is 0 Å². The Kier molecular flexibility index (Phi) is 4.77. The third kappa shape index (κ3) is 4.22. The van der Waals surface area contributed by atoms with E-state index in [0.717, 1.165) is 36.6 Å². The molecule has 1 saturated heterocycles. The number of rotatable bonds is 5. The van der Waals surface area contributed by atoms with E-state index in [2.05, 4.69) is 15.6 Å². The van der Waals surface area contributed by atoms with Gasteiger partial charge in [-0.15, -0.1) is 0 Å². The van der Waals surface area contributed by atoms with E-state index in [1.54, 1.807) is 6.07 Å². The lowest BCUT2D eigenvalue weighted by molar-refractivity contribution is 0.0952. The number of hydrogen-bond acceptors (Lipinski definition) is 5. The van der Waals surface area contributed by atoms with Crippen molar-refractivity contribution >= 4 is 32.7 Å². The topological polar surface area (TPSA) is 91.4 Å². The zero-order valence-corrected chi connectivity index (χ0v) is 16.1. The minimum absolute atomic E-state index is 0.0264. The van der Waals surface area contributed by atoms with Crippen molar-refractivity contribution in [3.8, 4) is 0 Å². The summed E-state index contributed by atoms with van der Waals surface area (Å²) >= 11 is 0. The summed E-state index contributed by atoms with van der Waals surface area (Å²) in [5, 5.41) is 7.20. The number of piperidine rings is 1. The van der Waals surface area contributed by atoms with E-state index in [1.165, 1.54) is 10.6 Å². The number of hydrogen-bond donors (Lipinski definition) is 2. The number of pyridine rings is 1. The molecule has 1 aromatic heterocycles. The molecule has 1 aromatic carbocycles. The third-order valence-corrected chi connectivity index (χ3v) is 6.35. The number of fused-ring (bicyclic) bond motifs is 1.